The monoisotopic (exact) mass is 419 g/mol. The molecule has 1 N–H and O–H groups in total. The molecule has 29 heavy (non-hydrogen) atoms. The molecular weight excluding hydrogens is 394 g/mol. The van der Waals surface area contributed by atoms with Gasteiger partial charge in [-0.2, -0.15) is 0 Å². The number of carbonyl (C=O) groups is 3. The molecule has 2 aliphatic heterocycles. The third-order valence-electron chi connectivity index (χ3n) is 6.41. The maximum Gasteiger partial charge on any atom is 0.253 e. The topological polar surface area (TPSA) is 88.6 Å². The Hall–Kier alpha value is -1.99. The molecule has 0 radical (unpaired) electrons. The summed E-state index contributed by atoms with van der Waals surface area (Å²) >= 11 is 6.36. The number of Topliss-reactive ketones (excluding diaryl/α,β-unsaturated/α-hetero) is 1. The normalized spacial score (nSPS) is 32.7. The second-order valence-electron chi connectivity index (χ2n) is 8.41. The van der Waals surface area contributed by atoms with E-state index in [1.165, 1.54) is 11.1 Å². The summed E-state index contributed by atoms with van der Waals surface area (Å²) in [6, 6.07) is 2.02. The van der Waals surface area contributed by atoms with Crippen LogP contribution in [0.25, 0.3) is 0 Å². The van der Waals surface area contributed by atoms with Crippen molar-refractivity contribution in [3.63, 3.8) is 0 Å². The van der Waals surface area contributed by atoms with Crippen molar-refractivity contribution < 1.29 is 19.1 Å². The molecule has 0 spiro atoms. The first-order chi connectivity index (χ1) is 14.0. The average molecular weight is 420 g/mol. The van der Waals surface area contributed by atoms with Crippen LogP contribution in [0.4, 0.5) is 0 Å². The third-order valence-corrected chi connectivity index (χ3v) is 6.80. The summed E-state index contributed by atoms with van der Waals surface area (Å²) in [5, 5.41) is 2.52. The van der Waals surface area contributed by atoms with Crippen molar-refractivity contribution in [3.8, 4) is 0 Å². The lowest BCUT2D eigenvalue weighted by molar-refractivity contribution is -0.139. The molecule has 1 aromatic rings. The van der Waals surface area contributed by atoms with Crippen LogP contribution < -0.4 is 5.32 Å². The van der Waals surface area contributed by atoms with Crippen molar-refractivity contribution in [1.82, 2.24) is 15.2 Å². The molecule has 3 heterocycles. The molecule has 7 nitrogen and oxygen atoms in total. The number of nitrogens with zero attached hydrogens (tertiary/aromatic N) is 2. The summed E-state index contributed by atoms with van der Waals surface area (Å²) in [5.41, 5.74) is 0.407. The van der Waals surface area contributed by atoms with Crippen LogP contribution in [0.1, 0.15) is 43.0 Å². The molecule has 0 bridgehead atoms. The number of ether oxygens (including phenoxy) is 1. The Morgan fingerprint density at radius 2 is 2.07 bits per heavy atom. The van der Waals surface area contributed by atoms with Crippen LogP contribution in [0.5, 0.6) is 0 Å². The van der Waals surface area contributed by atoms with Gasteiger partial charge in [-0.05, 0) is 36.8 Å². The van der Waals surface area contributed by atoms with Crippen LogP contribution in [0.2, 0.25) is 0 Å². The van der Waals surface area contributed by atoms with E-state index in [-0.39, 0.29) is 36.7 Å². The molecule has 1 aromatic heterocycles. The Morgan fingerprint density at radius 1 is 1.31 bits per heavy atom. The van der Waals surface area contributed by atoms with Gasteiger partial charge in [0.25, 0.3) is 5.91 Å². The van der Waals surface area contributed by atoms with Crippen LogP contribution >= 0.6 is 11.6 Å². The minimum absolute atomic E-state index is 0.0179. The highest BCUT2D eigenvalue weighted by molar-refractivity contribution is 6.22. The van der Waals surface area contributed by atoms with Gasteiger partial charge in [0.05, 0.1) is 10.9 Å². The fraction of sp³-hybridized carbons (Fsp3) is 0.619. The van der Waals surface area contributed by atoms with E-state index >= 15 is 0 Å². The SMILES string of the molecule is C[C@H]1CC[C@H](C(NC(=O)c2cccnc2)C(=O)N2C[C@H](Cl)[C@H]3OCC(=O)[C@H]32)CC1. The number of pyridine rings is 1. The number of nitrogens with one attached hydrogen (secondary N) is 1. The second-order valence-corrected chi connectivity index (χ2v) is 8.97. The molecule has 1 saturated carbocycles. The van der Waals surface area contributed by atoms with E-state index < -0.39 is 23.6 Å². The Labute approximate surface area is 175 Å². The van der Waals surface area contributed by atoms with E-state index in [2.05, 4.69) is 17.2 Å². The summed E-state index contributed by atoms with van der Waals surface area (Å²) in [6.07, 6.45) is 6.37. The highest BCUT2D eigenvalue weighted by Crippen LogP contribution is 2.35. The average Bonchev–Trinajstić information content (AvgIpc) is 3.28. The van der Waals surface area contributed by atoms with Gasteiger partial charge < -0.3 is 15.0 Å². The van der Waals surface area contributed by atoms with Gasteiger partial charge in [-0.1, -0.05) is 19.8 Å². The lowest BCUT2D eigenvalue weighted by Gasteiger charge is -2.35. The van der Waals surface area contributed by atoms with E-state index in [1.807, 2.05) is 0 Å². The van der Waals surface area contributed by atoms with Crippen LogP contribution in [0.15, 0.2) is 24.5 Å². The minimum Gasteiger partial charge on any atom is -0.366 e. The van der Waals surface area contributed by atoms with Gasteiger partial charge in [-0.15, -0.1) is 11.6 Å². The van der Waals surface area contributed by atoms with Crippen molar-refractivity contribution >= 4 is 29.2 Å². The van der Waals surface area contributed by atoms with Gasteiger partial charge in [-0.25, -0.2) is 0 Å². The lowest BCUT2D eigenvalue weighted by Crippen LogP contribution is -2.55. The number of rotatable bonds is 4. The molecule has 3 fully saturated rings. The summed E-state index contributed by atoms with van der Waals surface area (Å²) < 4.78 is 5.50. The van der Waals surface area contributed by atoms with E-state index in [1.54, 1.807) is 18.3 Å². The van der Waals surface area contributed by atoms with Crippen LogP contribution in [-0.4, -0.2) is 64.2 Å². The predicted octanol–water partition coefficient (Wildman–Crippen LogP) is 1.79. The quantitative estimate of drug-likeness (QED) is 0.751. The zero-order valence-electron chi connectivity index (χ0n) is 16.4. The maximum absolute atomic E-state index is 13.6. The number of hydrogen-bond donors (Lipinski definition) is 1. The standard InChI is InChI=1S/C21H26ClN3O4/c1-12-4-6-13(7-5-12)17(24-20(27)14-3-2-8-23-9-14)21(28)25-10-15(22)19-18(25)16(26)11-29-19/h2-3,8-9,12-13,15,17-19H,4-7,10-11H2,1H3,(H,24,27)/t12-,13-,15-,17?,18+,19+/m0/s1. The second kappa shape index (κ2) is 8.40. The molecule has 4 rings (SSSR count). The molecule has 156 valence electrons. The molecule has 2 saturated heterocycles. The smallest absolute Gasteiger partial charge is 0.253 e. The summed E-state index contributed by atoms with van der Waals surface area (Å²) in [7, 11) is 0. The Kier molecular flexibility index (Phi) is 5.88. The summed E-state index contributed by atoms with van der Waals surface area (Å²) in [5.74, 6) is -0.0454. The predicted molar refractivity (Wildman–Crippen MR) is 107 cm³/mol. The summed E-state index contributed by atoms with van der Waals surface area (Å²) in [6.45, 7) is 2.44. The van der Waals surface area contributed by atoms with Gasteiger partial charge >= 0.3 is 0 Å². The number of fused-ring (bicyclic) bond motifs is 1. The Morgan fingerprint density at radius 3 is 2.76 bits per heavy atom. The summed E-state index contributed by atoms with van der Waals surface area (Å²) in [4.78, 5) is 44.2. The van der Waals surface area contributed by atoms with Crippen molar-refractivity contribution in [3.05, 3.63) is 30.1 Å². The third kappa shape index (κ3) is 4.03. The van der Waals surface area contributed by atoms with E-state index in [0.29, 0.717) is 11.5 Å². The number of ketones is 1. The molecule has 3 aliphatic rings. The first kappa shape index (κ1) is 20.3. The molecule has 8 heteroatoms. The number of alkyl halides is 1. The van der Waals surface area contributed by atoms with Crippen molar-refractivity contribution in [2.75, 3.05) is 13.2 Å². The maximum atomic E-state index is 13.6. The van der Waals surface area contributed by atoms with Crippen LogP contribution in [-0.2, 0) is 14.3 Å². The minimum atomic E-state index is -0.689. The number of likely N-dealkylation sites (tertiary alicyclic amines) is 1. The number of amides is 2. The zero-order valence-corrected chi connectivity index (χ0v) is 17.2. The lowest BCUT2D eigenvalue weighted by atomic mass is 9.78. The van der Waals surface area contributed by atoms with Gasteiger partial charge in [-0.3, -0.25) is 19.4 Å². The van der Waals surface area contributed by atoms with Crippen molar-refractivity contribution in [1.29, 1.82) is 0 Å². The first-order valence-corrected chi connectivity index (χ1v) is 10.7. The van der Waals surface area contributed by atoms with Gasteiger partial charge in [0.1, 0.15) is 24.8 Å². The Balaban J connectivity index is 1.57. The number of aromatic nitrogens is 1. The van der Waals surface area contributed by atoms with Gasteiger partial charge in [0.15, 0.2) is 5.78 Å². The van der Waals surface area contributed by atoms with Crippen molar-refractivity contribution in [2.24, 2.45) is 11.8 Å². The van der Waals surface area contributed by atoms with E-state index in [9.17, 15) is 14.4 Å². The van der Waals surface area contributed by atoms with Crippen LogP contribution in [0, 0.1) is 11.8 Å². The molecular formula is C21H26ClN3O4. The van der Waals surface area contributed by atoms with E-state index in [0.717, 1.165) is 25.7 Å². The molecule has 1 aliphatic carbocycles. The zero-order chi connectivity index (χ0) is 20.5. The molecule has 0 aromatic carbocycles. The molecule has 2 amide bonds. The van der Waals surface area contributed by atoms with Crippen molar-refractivity contribution in [2.45, 2.75) is 56.2 Å². The largest absolute Gasteiger partial charge is 0.366 e. The number of halogens is 1. The Bertz CT molecular complexity index is 781. The van der Waals surface area contributed by atoms with Crippen LogP contribution in [0.3, 0.4) is 0 Å². The number of carbonyl (C=O) groups excluding carboxylic acids is 3. The molecule has 1 unspecified atom stereocenters. The number of hydrogen-bond acceptors (Lipinski definition) is 5. The fourth-order valence-corrected chi connectivity index (χ4v) is 5.08. The van der Waals surface area contributed by atoms with Gasteiger partial charge in [0, 0.05) is 18.9 Å². The van der Waals surface area contributed by atoms with Gasteiger partial charge in [0.2, 0.25) is 5.91 Å². The molecule has 4 atom stereocenters. The highest BCUT2D eigenvalue weighted by atomic mass is 35.5. The highest BCUT2D eigenvalue weighted by Gasteiger charge is 2.53. The first-order valence-electron chi connectivity index (χ1n) is 10.3. The fourth-order valence-electron chi connectivity index (χ4n) is 4.72. The van der Waals surface area contributed by atoms with E-state index in [4.69, 9.17) is 16.3 Å².